The maximum Gasteiger partial charge on any atom is 0.252 e. The van der Waals surface area contributed by atoms with E-state index in [0.29, 0.717) is 28.6 Å². The van der Waals surface area contributed by atoms with Gasteiger partial charge >= 0.3 is 0 Å². The van der Waals surface area contributed by atoms with E-state index in [-0.39, 0.29) is 18.2 Å². The van der Waals surface area contributed by atoms with E-state index >= 15 is 4.39 Å². The quantitative estimate of drug-likeness (QED) is 0.333. The van der Waals surface area contributed by atoms with Crippen LogP contribution < -0.4 is 10.6 Å². The molecule has 39 heavy (non-hydrogen) atoms. The van der Waals surface area contributed by atoms with Crippen molar-refractivity contribution in [2.75, 3.05) is 11.4 Å². The molecule has 4 aromatic rings. The van der Waals surface area contributed by atoms with Crippen molar-refractivity contribution in [2.45, 2.75) is 63.3 Å². The summed E-state index contributed by atoms with van der Waals surface area (Å²) in [5.41, 5.74) is 9.03. The van der Waals surface area contributed by atoms with Crippen LogP contribution in [0.3, 0.4) is 0 Å². The van der Waals surface area contributed by atoms with Crippen LogP contribution in [0.2, 0.25) is 0 Å². The van der Waals surface area contributed by atoms with E-state index in [4.69, 9.17) is 5.73 Å². The van der Waals surface area contributed by atoms with Crippen LogP contribution >= 0.6 is 11.3 Å². The average Bonchev–Trinajstić information content (AvgIpc) is 3.61. The molecule has 4 heterocycles. The van der Waals surface area contributed by atoms with Crippen molar-refractivity contribution in [3.05, 3.63) is 64.4 Å². The summed E-state index contributed by atoms with van der Waals surface area (Å²) in [6, 6.07) is 9.15. The third kappa shape index (κ3) is 5.48. The Balaban J connectivity index is 1.55. The number of aliphatic hydroxyl groups is 1. The van der Waals surface area contributed by atoms with Gasteiger partial charge in [0.15, 0.2) is 0 Å². The molecule has 11 heteroatoms. The number of nitrogens with two attached hydrogens (primary N) is 1. The second-order valence-corrected chi connectivity index (χ2v) is 11.5. The van der Waals surface area contributed by atoms with Crippen LogP contribution in [-0.2, 0) is 0 Å². The van der Waals surface area contributed by atoms with E-state index in [0.717, 1.165) is 31.2 Å². The Morgan fingerprint density at radius 1 is 1.28 bits per heavy atom. The molecular weight excluding hydrogens is 517 g/mol. The Morgan fingerprint density at radius 3 is 2.69 bits per heavy atom. The average molecular weight is 548 g/mol. The molecule has 1 fully saturated rings. The summed E-state index contributed by atoms with van der Waals surface area (Å²) >= 11 is 1.65. The third-order valence-corrected chi connectivity index (χ3v) is 8.40. The lowest BCUT2D eigenvalue weighted by molar-refractivity contribution is -0.000437. The molecule has 0 radical (unpaired) electrons. The first-order chi connectivity index (χ1) is 18.7. The summed E-state index contributed by atoms with van der Waals surface area (Å²) in [7, 11) is 0. The molecule has 0 aromatic carbocycles. The summed E-state index contributed by atoms with van der Waals surface area (Å²) in [6.45, 7) is 2.77. The molecule has 0 unspecified atom stereocenters. The SMILES string of the molecule is CC(C)(O)[C@H](F)CN(c1cc(-c2ccc3cc(C#N)cnn23)ncc1C(N)=O)C1CCC(c2cncs2)CC1. The number of hydrogen-bond acceptors (Lipinski definition) is 8. The van der Waals surface area contributed by atoms with Gasteiger partial charge in [-0.3, -0.25) is 14.8 Å². The highest BCUT2D eigenvalue weighted by molar-refractivity contribution is 7.09. The van der Waals surface area contributed by atoms with Crippen molar-refractivity contribution in [3.63, 3.8) is 0 Å². The van der Waals surface area contributed by atoms with Gasteiger partial charge < -0.3 is 15.7 Å². The van der Waals surface area contributed by atoms with Gasteiger partial charge in [-0.1, -0.05) is 0 Å². The lowest BCUT2D eigenvalue weighted by Gasteiger charge is -2.41. The monoisotopic (exact) mass is 547 g/mol. The second kappa shape index (κ2) is 10.7. The number of primary amides is 1. The Kier molecular flexibility index (Phi) is 7.34. The zero-order valence-corrected chi connectivity index (χ0v) is 22.6. The topological polar surface area (TPSA) is 133 Å². The minimum Gasteiger partial charge on any atom is -0.387 e. The summed E-state index contributed by atoms with van der Waals surface area (Å²) < 4.78 is 17.1. The van der Waals surface area contributed by atoms with Crippen LogP contribution in [0.25, 0.3) is 16.9 Å². The first-order valence-electron chi connectivity index (χ1n) is 12.8. The minimum absolute atomic E-state index is 0.0662. The summed E-state index contributed by atoms with van der Waals surface area (Å²) in [5.74, 6) is -0.269. The number of nitrogens with zero attached hydrogens (tertiary/aromatic N) is 6. The maximum atomic E-state index is 15.4. The first kappa shape index (κ1) is 26.7. The number of rotatable bonds is 8. The van der Waals surface area contributed by atoms with Crippen molar-refractivity contribution in [1.82, 2.24) is 19.6 Å². The molecular formula is C28H30FN7O2S. The second-order valence-electron chi connectivity index (χ2n) is 10.5. The Hall–Kier alpha value is -3.88. The van der Waals surface area contributed by atoms with Gasteiger partial charge in [0.1, 0.15) is 12.2 Å². The number of aromatic nitrogens is 4. The van der Waals surface area contributed by atoms with E-state index in [1.54, 1.807) is 28.0 Å². The third-order valence-electron chi connectivity index (χ3n) is 7.46. The number of halogens is 1. The van der Waals surface area contributed by atoms with Crippen LogP contribution in [0.15, 0.2) is 48.4 Å². The smallest absolute Gasteiger partial charge is 0.252 e. The highest BCUT2D eigenvalue weighted by Crippen LogP contribution is 2.39. The van der Waals surface area contributed by atoms with Gasteiger partial charge in [0.25, 0.3) is 5.91 Å². The number of anilines is 1. The zero-order valence-electron chi connectivity index (χ0n) is 21.8. The number of fused-ring (bicyclic) bond motifs is 1. The number of thiazole rings is 1. The van der Waals surface area contributed by atoms with Crippen molar-refractivity contribution >= 4 is 28.4 Å². The van der Waals surface area contributed by atoms with Gasteiger partial charge in [-0.15, -0.1) is 11.3 Å². The zero-order chi connectivity index (χ0) is 27.7. The van der Waals surface area contributed by atoms with Gasteiger partial charge in [0.05, 0.1) is 57.6 Å². The van der Waals surface area contributed by atoms with Gasteiger partial charge in [0, 0.05) is 23.3 Å². The molecule has 1 saturated carbocycles. The van der Waals surface area contributed by atoms with Crippen LogP contribution in [0.5, 0.6) is 0 Å². The van der Waals surface area contributed by atoms with E-state index < -0.39 is 17.7 Å². The van der Waals surface area contributed by atoms with Crippen molar-refractivity contribution in [3.8, 4) is 17.5 Å². The molecule has 9 nitrogen and oxygen atoms in total. The van der Waals surface area contributed by atoms with E-state index in [1.165, 1.54) is 31.1 Å². The molecule has 3 N–H and O–H groups in total. The Morgan fingerprint density at radius 2 is 2.05 bits per heavy atom. The van der Waals surface area contributed by atoms with Crippen LogP contribution in [0, 0.1) is 11.3 Å². The number of amides is 1. The molecule has 5 rings (SSSR count). The van der Waals surface area contributed by atoms with Crippen molar-refractivity contribution < 1.29 is 14.3 Å². The maximum absolute atomic E-state index is 15.4. The molecule has 1 amide bonds. The number of alkyl halides is 1. The number of carbonyl (C=O) groups is 1. The number of carbonyl (C=O) groups excluding carboxylic acids is 1. The van der Waals surface area contributed by atoms with Gasteiger partial charge in [0.2, 0.25) is 0 Å². The summed E-state index contributed by atoms with van der Waals surface area (Å²) in [4.78, 5) is 24.4. The molecule has 0 spiro atoms. The van der Waals surface area contributed by atoms with Crippen molar-refractivity contribution in [2.24, 2.45) is 5.73 Å². The standard InChI is InChI=1S/C28H30FN7O2S/c1-28(2,38)26(29)15-35(19-5-3-18(4-6-19)25-14-32-16-39-25)24-10-22(33-13-21(24)27(31)37)23-8-7-20-9-17(11-30)12-34-36(20)23/h7-10,12-14,16,18-19,26,38H,3-6,15H2,1-2H3,(H2,31,37)/t18?,19?,26-/m1/s1. The molecule has 1 aliphatic rings. The fraction of sp³-hybridized carbons (Fsp3) is 0.393. The lowest BCUT2D eigenvalue weighted by Crippen LogP contribution is -2.48. The Bertz CT molecular complexity index is 1520. The normalized spacial score (nSPS) is 18.5. The van der Waals surface area contributed by atoms with Gasteiger partial charge in [-0.2, -0.15) is 10.4 Å². The van der Waals surface area contributed by atoms with E-state index in [2.05, 4.69) is 21.1 Å². The molecule has 0 saturated heterocycles. The van der Waals surface area contributed by atoms with Crippen molar-refractivity contribution in [1.29, 1.82) is 5.26 Å². The summed E-state index contributed by atoms with van der Waals surface area (Å²) in [6.07, 6.45) is 6.60. The van der Waals surface area contributed by atoms with Gasteiger partial charge in [-0.05, 0) is 69.7 Å². The molecule has 0 aliphatic heterocycles. The van der Waals surface area contributed by atoms with Gasteiger partial charge in [-0.25, -0.2) is 8.91 Å². The Labute approximate surface area is 229 Å². The highest BCUT2D eigenvalue weighted by atomic mass is 32.1. The number of hydrogen-bond donors (Lipinski definition) is 2. The number of nitriles is 1. The first-order valence-corrected chi connectivity index (χ1v) is 13.7. The summed E-state index contributed by atoms with van der Waals surface area (Å²) in [5, 5.41) is 24.0. The van der Waals surface area contributed by atoms with Crippen LogP contribution in [0.1, 0.15) is 66.2 Å². The predicted octanol–water partition coefficient (Wildman–Crippen LogP) is 4.47. The number of pyridine rings is 1. The van der Waals surface area contributed by atoms with Crippen LogP contribution in [-0.4, -0.2) is 55.0 Å². The molecule has 1 aliphatic carbocycles. The lowest BCUT2D eigenvalue weighted by atomic mass is 9.84. The molecule has 0 bridgehead atoms. The fourth-order valence-electron chi connectivity index (χ4n) is 5.21. The molecule has 202 valence electrons. The molecule has 4 aromatic heterocycles. The minimum atomic E-state index is -1.57. The highest BCUT2D eigenvalue weighted by Gasteiger charge is 2.35. The fourth-order valence-corrected chi connectivity index (χ4v) is 6.00. The van der Waals surface area contributed by atoms with Crippen LogP contribution in [0.4, 0.5) is 10.1 Å². The van der Waals surface area contributed by atoms with E-state index in [1.807, 2.05) is 28.7 Å². The molecule has 1 atom stereocenters. The largest absolute Gasteiger partial charge is 0.387 e. The van der Waals surface area contributed by atoms with E-state index in [9.17, 15) is 15.2 Å². The predicted molar refractivity (Wildman–Crippen MR) is 147 cm³/mol.